The van der Waals surface area contributed by atoms with Crippen LogP contribution in [-0.2, 0) is 19.6 Å². The fourth-order valence-corrected chi connectivity index (χ4v) is 9.97. The van der Waals surface area contributed by atoms with Gasteiger partial charge in [-0.15, -0.1) is 0 Å². The number of carbonyl (C=O) groups excluding carboxylic acids is 1. The molecule has 4 saturated carbocycles. The Kier molecular flexibility index (Phi) is 8.75. The fraction of sp³-hybridized carbons (Fsp3) is 0.966. The average Bonchev–Trinajstić information content (AvgIpc) is 3.14. The molecule has 0 aromatic heterocycles. The van der Waals surface area contributed by atoms with Crippen molar-refractivity contribution < 1.29 is 27.6 Å². The van der Waals surface area contributed by atoms with Crippen molar-refractivity contribution in [3.8, 4) is 0 Å². The van der Waals surface area contributed by atoms with Gasteiger partial charge in [-0.1, -0.05) is 20.8 Å². The lowest BCUT2D eigenvalue weighted by Gasteiger charge is -2.63. The van der Waals surface area contributed by atoms with Crippen LogP contribution in [0.15, 0.2) is 0 Å². The van der Waals surface area contributed by atoms with Gasteiger partial charge >= 0.3 is 0 Å². The summed E-state index contributed by atoms with van der Waals surface area (Å²) in [5.41, 5.74) is 0.546. The van der Waals surface area contributed by atoms with E-state index in [1.807, 2.05) is 0 Å². The molecule has 0 aromatic rings. The lowest BCUT2D eigenvalue weighted by atomic mass is 9.43. The lowest BCUT2D eigenvalue weighted by molar-refractivity contribution is -0.196. The minimum absolute atomic E-state index is 0.0492. The Hall–Kier alpha value is -0.700. The smallest absolute Gasteiger partial charge is 0.266 e. The van der Waals surface area contributed by atoms with E-state index >= 15 is 0 Å². The summed E-state index contributed by atoms with van der Waals surface area (Å²) < 4.78 is 37.4. The van der Waals surface area contributed by atoms with Crippen molar-refractivity contribution in [2.45, 2.75) is 117 Å². The van der Waals surface area contributed by atoms with Crippen molar-refractivity contribution in [1.82, 2.24) is 5.32 Å². The summed E-state index contributed by atoms with van der Waals surface area (Å²) in [6, 6.07) is 0. The molecule has 1 amide bonds. The SMILES string of the molecule is CC(C)OC1CC2CC(O)CCC2(C)C2CCC3(C)C(C(C)CCC(=O)NCCS(=O)(=O)O)CCC3C12. The second-order valence-electron chi connectivity index (χ2n) is 13.8. The molecular weight excluding hydrogens is 490 g/mol. The van der Waals surface area contributed by atoms with Crippen molar-refractivity contribution in [2.75, 3.05) is 12.3 Å². The van der Waals surface area contributed by atoms with E-state index in [1.54, 1.807) is 0 Å². The van der Waals surface area contributed by atoms with E-state index in [-0.39, 0.29) is 36.2 Å². The van der Waals surface area contributed by atoms with Crippen LogP contribution < -0.4 is 5.32 Å². The van der Waals surface area contributed by atoms with Crippen LogP contribution in [0.1, 0.15) is 98.8 Å². The van der Waals surface area contributed by atoms with Gasteiger partial charge in [0.15, 0.2) is 0 Å². The maximum Gasteiger partial charge on any atom is 0.266 e. The number of rotatable bonds is 9. The van der Waals surface area contributed by atoms with Crippen LogP contribution in [0.25, 0.3) is 0 Å². The molecule has 37 heavy (non-hydrogen) atoms. The van der Waals surface area contributed by atoms with Crippen LogP contribution in [0.4, 0.5) is 0 Å². The van der Waals surface area contributed by atoms with Crippen LogP contribution in [0.5, 0.6) is 0 Å². The molecule has 3 N–H and O–H groups in total. The molecule has 4 aliphatic rings. The molecule has 0 saturated heterocycles. The molecule has 0 radical (unpaired) electrons. The quantitative estimate of drug-likeness (QED) is 0.361. The number of carbonyl (C=O) groups is 1. The highest BCUT2D eigenvalue weighted by Gasteiger charge is 2.63. The van der Waals surface area contributed by atoms with Crippen molar-refractivity contribution in [3.63, 3.8) is 0 Å². The number of ether oxygens (including phenoxy) is 1. The van der Waals surface area contributed by atoms with Gasteiger partial charge in [0.25, 0.3) is 10.1 Å². The summed E-state index contributed by atoms with van der Waals surface area (Å²) in [6.45, 7) is 11.6. The maximum absolute atomic E-state index is 12.3. The first-order chi connectivity index (χ1) is 17.2. The zero-order valence-electron chi connectivity index (χ0n) is 23.6. The van der Waals surface area contributed by atoms with Crippen LogP contribution in [-0.4, -0.2) is 54.6 Å². The number of aliphatic hydroxyl groups excluding tert-OH is 1. The van der Waals surface area contributed by atoms with Crippen LogP contribution in [0.2, 0.25) is 0 Å². The third-order valence-electron chi connectivity index (χ3n) is 11.3. The second kappa shape index (κ2) is 11.1. The number of nitrogens with one attached hydrogen (secondary N) is 1. The summed E-state index contributed by atoms with van der Waals surface area (Å²) in [5, 5.41) is 13.1. The van der Waals surface area contributed by atoms with Crippen molar-refractivity contribution in [1.29, 1.82) is 0 Å². The molecule has 0 heterocycles. The summed E-state index contributed by atoms with van der Waals surface area (Å²) in [4.78, 5) is 12.3. The van der Waals surface area contributed by atoms with Gasteiger partial charge in [0.2, 0.25) is 5.91 Å². The maximum atomic E-state index is 12.3. The van der Waals surface area contributed by atoms with E-state index in [1.165, 1.54) is 25.7 Å². The highest BCUT2D eigenvalue weighted by atomic mass is 32.2. The van der Waals surface area contributed by atoms with Gasteiger partial charge in [0.1, 0.15) is 0 Å². The number of fused-ring (bicyclic) bond motifs is 5. The van der Waals surface area contributed by atoms with E-state index in [0.717, 1.165) is 32.1 Å². The average molecular weight is 542 g/mol. The summed E-state index contributed by atoms with van der Waals surface area (Å²) >= 11 is 0. The van der Waals surface area contributed by atoms with Crippen molar-refractivity contribution in [2.24, 2.45) is 46.3 Å². The normalized spacial score (nSPS) is 42.5. The summed E-state index contributed by atoms with van der Waals surface area (Å²) in [6.07, 6.45) is 10.4. The number of hydrogen-bond donors (Lipinski definition) is 3. The first kappa shape index (κ1) is 29.3. The highest BCUT2D eigenvalue weighted by Crippen LogP contribution is 2.68. The third kappa shape index (κ3) is 6.07. The number of hydrogen-bond acceptors (Lipinski definition) is 5. The van der Waals surface area contributed by atoms with Gasteiger partial charge in [-0.25, -0.2) is 0 Å². The third-order valence-corrected chi connectivity index (χ3v) is 12.1. The summed E-state index contributed by atoms with van der Waals surface area (Å²) in [5.74, 6) is 2.80. The Bertz CT molecular complexity index is 923. The molecule has 10 atom stereocenters. The molecule has 7 nitrogen and oxygen atoms in total. The molecule has 10 unspecified atom stereocenters. The van der Waals surface area contributed by atoms with Crippen molar-refractivity contribution >= 4 is 16.0 Å². The molecule has 4 aliphatic carbocycles. The van der Waals surface area contributed by atoms with Gasteiger partial charge in [-0.2, -0.15) is 8.42 Å². The molecule has 0 bridgehead atoms. The Labute approximate surface area is 224 Å². The Morgan fingerprint density at radius 3 is 2.38 bits per heavy atom. The van der Waals surface area contributed by atoms with Crippen LogP contribution in [0, 0.1) is 46.3 Å². The van der Waals surface area contributed by atoms with Gasteiger partial charge in [-0.3, -0.25) is 9.35 Å². The number of aliphatic hydroxyl groups is 1. The van der Waals surface area contributed by atoms with Gasteiger partial charge in [0, 0.05) is 13.0 Å². The summed E-state index contributed by atoms with van der Waals surface area (Å²) in [7, 11) is -4.06. The topological polar surface area (TPSA) is 113 Å². The molecule has 0 aromatic carbocycles. The Morgan fingerprint density at radius 1 is 1.03 bits per heavy atom. The predicted octanol–water partition coefficient (Wildman–Crippen LogP) is 4.83. The molecule has 0 aliphatic heterocycles. The molecule has 4 fully saturated rings. The van der Waals surface area contributed by atoms with E-state index in [9.17, 15) is 18.3 Å². The molecular formula is C29H51NO6S. The highest BCUT2D eigenvalue weighted by molar-refractivity contribution is 7.85. The first-order valence-electron chi connectivity index (χ1n) is 14.8. The zero-order valence-corrected chi connectivity index (χ0v) is 24.4. The number of amides is 1. The molecule has 4 rings (SSSR count). The van der Waals surface area contributed by atoms with Gasteiger partial charge < -0.3 is 15.2 Å². The first-order valence-corrected chi connectivity index (χ1v) is 16.4. The van der Waals surface area contributed by atoms with Crippen LogP contribution >= 0.6 is 0 Å². The molecule has 0 spiro atoms. The van der Waals surface area contributed by atoms with Gasteiger partial charge in [-0.05, 0) is 118 Å². The molecule has 214 valence electrons. The minimum atomic E-state index is -4.06. The largest absolute Gasteiger partial charge is 0.393 e. The van der Waals surface area contributed by atoms with E-state index in [0.29, 0.717) is 47.3 Å². The van der Waals surface area contributed by atoms with E-state index < -0.39 is 15.9 Å². The van der Waals surface area contributed by atoms with Crippen LogP contribution in [0.3, 0.4) is 0 Å². The Balaban J connectivity index is 1.45. The minimum Gasteiger partial charge on any atom is -0.393 e. The Morgan fingerprint density at radius 2 is 1.70 bits per heavy atom. The predicted molar refractivity (Wildman–Crippen MR) is 144 cm³/mol. The van der Waals surface area contributed by atoms with Crippen molar-refractivity contribution in [3.05, 3.63) is 0 Å². The van der Waals surface area contributed by atoms with E-state index in [2.05, 4.69) is 39.9 Å². The standard InChI is InChI=1S/C29H51NO6S/c1-18(2)36-25-17-20-16-21(31)10-12-28(20,4)24-11-13-29(5)22(7-8-23(29)27(24)25)19(3)6-9-26(32)30-14-15-37(33,34)35/h18-25,27,31H,6-17H2,1-5H3,(H,30,32)(H,33,34,35). The van der Waals surface area contributed by atoms with E-state index in [4.69, 9.17) is 9.29 Å². The lowest BCUT2D eigenvalue weighted by Crippen LogP contribution is -2.59. The van der Waals surface area contributed by atoms with Gasteiger partial charge in [0.05, 0.1) is 24.1 Å². The second-order valence-corrected chi connectivity index (χ2v) is 15.3. The fourth-order valence-electron chi connectivity index (χ4n) is 9.61. The monoisotopic (exact) mass is 541 g/mol. The zero-order chi connectivity index (χ0) is 27.2. The molecule has 8 heteroatoms.